The normalized spacial score (nSPS) is 10.4. The molecule has 112 valence electrons. The minimum absolute atomic E-state index is 0.351. The Labute approximate surface area is 123 Å². The molecule has 7 nitrogen and oxygen atoms in total. The van der Waals surface area contributed by atoms with Crippen molar-refractivity contribution in [1.29, 1.82) is 0 Å². The molecule has 2 aromatic heterocycles. The SMILES string of the molecule is CCOCc1nc(NN)cc(NCc2cccc(C)n2)n1. The van der Waals surface area contributed by atoms with E-state index in [1.54, 1.807) is 6.07 Å². The highest BCUT2D eigenvalue weighted by Gasteiger charge is 2.04. The summed E-state index contributed by atoms with van der Waals surface area (Å²) in [5, 5.41) is 3.21. The van der Waals surface area contributed by atoms with E-state index in [4.69, 9.17) is 10.6 Å². The summed E-state index contributed by atoms with van der Waals surface area (Å²) in [5.74, 6) is 7.22. The summed E-state index contributed by atoms with van der Waals surface area (Å²) in [4.78, 5) is 13.0. The van der Waals surface area contributed by atoms with E-state index in [-0.39, 0.29) is 0 Å². The van der Waals surface area contributed by atoms with Gasteiger partial charge in [0.1, 0.15) is 18.2 Å². The Hall–Kier alpha value is -2.25. The van der Waals surface area contributed by atoms with Crippen LogP contribution < -0.4 is 16.6 Å². The third-order valence-corrected chi connectivity index (χ3v) is 2.75. The Kier molecular flexibility index (Phi) is 5.42. The lowest BCUT2D eigenvalue weighted by molar-refractivity contribution is 0.128. The van der Waals surface area contributed by atoms with Crippen LogP contribution in [0.25, 0.3) is 0 Å². The van der Waals surface area contributed by atoms with Crippen molar-refractivity contribution >= 4 is 11.6 Å². The molecule has 0 aliphatic heterocycles. The molecule has 0 spiro atoms. The Morgan fingerprint density at radius 1 is 1.19 bits per heavy atom. The van der Waals surface area contributed by atoms with Crippen LogP contribution >= 0.6 is 0 Å². The number of pyridine rings is 1. The summed E-state index contributed by atoms with van der Waals surface area (Å²) in [6.07, 6.45) is 0. The van der Waals surface area contributed by atoms with Crippen molar-refractivity contribution in [2.24, 2.45) is 5.84 Å². The van der Waals surface area contributed by atoms with Crippen LogP contribution in [-0.2, 0) is 17.9 Å². The van der Waals surface area contributed by atoms with Crippen LogP contribution in [0.3, 0.4) is 0 Å². The van der Waals surface area contributed by atoms with Crippen molar-refractivity contribution in [1.82, 2.24) is 15.0 Å². The summed E-state index contributed by atoms with van der Waals surface area (Å²) >= 11 is 0. The van der Waals surface area contributed by atoms with Gasteiger partial charge in [-0.05, 0) is 26.0 Å². The van der Waals surface area contributed by atoms with Gasteiger partial charge in [-0.1, -0.05) is 6.07 Å². The summed E-state index contributed by atoms with van der Waals surface area (Å²) in [6, 6.07) is 7.65. The molecule has 0 atom stereocenters. The zero-order valence-corrected chi connectivity index (χ0v) is 12.3. The van der Waals surface area contributed by atoms with Crippen LogP contribution in [0.5, 0.6) is 0 Å². The van der Waals surface area contributed by atoms with Crippen LogP contribution in [0.1, 0.15) is 24.1 Å². The highest BCUT2D eigenvalue weighted by atomic mass is 16.5. The van der Waals surface area contributed by atoms with E-state index in [1.165, 1.54) is 0 Å². The Morgan fingerprint density at radius 2 is 2.00 bits per heavy atom. The number of nitrogens with zero attached hydrogens (tertiary/aromatic N) is 3. The quantitative estimate of drug-likeness (QED) is 0.526. The molecule has 0 amide bonds. The maximum absolute atomic E-state index is 5.42. The standard InChI is InChI=1S/C14H20N6O/c1-3-21-9-14-18-12(7-13(19-14)20-15)16-8-11-6-4-5-10(2)17-11/h4-7H,3,8-9,15H2,1-2H3,(H2,16,18,19,20). The molecular weight excluding hydrogens is 268 g/mol. The van der Waals surface area contributed by atoms with Gasteiger partial charge < -0.3 is 15.5 Å². The predicted octanol–water partition coefficient (Wildman–Crippen LogP) is 1.61. The zero-order valence-electron chi connectivity index (χ0n) is 12.3. The molecule has 0 aliphatic rings. The van der Waals surface area contributed by atoms with Crippen molar-refractivity contribution in [2.75, 3.05) is 17.3 Å². The lowest BCUT2D eigenvalue weighted by Crippen LogP contribution is -2.13. The molecule has 0 aliphatic carbocycles. The van der Waals surface area contributed by atoms with Crippen molar-refractivity contribution < 1.29 is 4.74 Å². The average Bonchev–Trinajstić information content (AvgIpc) is 2.51. The fourth-order valence-corrected chi connectivity index (χ4v) is 1.80. The molecule has 0 aromatic carbocycles. The van der Waals surface area contributed by atoms with Gasteiger partial charge in [0, 0.05) is 18.4 Å². The lowest BCUT2D eigenvalue weighted by Gasteiger charge is -2.10. The van der Waals surface area contributed by atoms with Crippen molar-refractivity contribution in [3.8, 4) is 0 Å². The van der Waals surface area contributed by atoms with Crippen molar-refractivity contribution in [2.45, 2.75) is 27.0 Å². The molecule has 21 heavy (non-hydrogen) atoms. The van der Waals surface area contributed by atoms with Gasteiger partial charge in [-0.15, -0.1) is 0 Å². The van der Waals surface area contributed by atoms with Gasteiger partial charge >= 0.3 is 0 Å². The number of nitrogens with one attached hydrogen (secondary N) is 2. The number of anilines is 2. The topological polar surface area (TPSA) is 98.0 Å². The van der Waals surface area contributed by atoms with Gasteiger partial charge in [0.25, 0.3) is 0 Å². The van der Waals surface area contributed by atoms with Gasteiger partial charge in [-0.25, -0.2) is 15.8 Å². The third-order valence-electron chi connectivity index (χ3n) is 2.75. The summed E-state index contributed by atoms with van der Waals surface area (Å²) < 4.78 is 5.32. The first-order chi connectivity index (χ1) is 10.2. The molecule has 0 bridgehead atoms. The van der Waals surface area contributed by atoms with E-state index in [2.05, 4.69) is 25.7 Å². The molecule has 4 N–H and O–H groups in total. The minimum Gasteiger partial charge on any atom is -0.374 e. The Balaban J connectivity index is 2.07. The predicted molar refractivity (Wildman–Crippen MR) is 81.5 cm³/mol. The number of rotatable bonds is 7. The van der Waals surface area contributed by atoms with Gasteiger partial charge in [-0.3, -0.25) is 4.98 Å². The fourth-order valence-electron chi connectivity index (χ4n) is 1.80. The molecule has 0 fully saturated rings. The summed E-state index contributed by atoms with van der Waals surface area (Å²) in [5.41, 5.74) is 4.46. The second-order valence-electron chi connectivity index (χ2n) is 4.46. The summed E-state index contributed by atoms with van der Waals surface area (Å²) in [7, 11) is 0. The molecule has 0 radical (unpaired) electrons. The number of hydrazine groups is 1. The number of ether oxygens (including phenoxy) is 1. The lowest BCUT2D eigenvalue weighted by atomic mass is 10.3. The summed E-state index contributed by atoms with van der Waals surface area (Å²) in [6.45, 7) is 5.43. The number of nitrogen functional groups attached to an aromatic ring is 1. The second kappa shape index (κ2) is 7.51. The van der Waals surface area contributed by atoms with E-state index < -0.39 is 0 Å². The van der Waals surface area contributed by atoms with Crippen LogP contribution in [0.15, 0.2) is 24.3 Å². The first-order valence-electron chi connectivity index (χ1n) is 6.80. The number of aromatic nitrogens is 3. The van der Waals surface area contributed by atoms with E-state index in [1.807, 2.05) is 32.0 Å². The van der Waals surface area contributed by atoms with Crippen molar-refractivity contribution in [3.63, 3.8) is 0 Å². The van der Waals surface area contributed by atoms with Crippen LogP contribution in [0.2, 0.25) is 0 Å². The highest BCUT2D eigenvalue weighted by molar-refractivity contribution is 5.47. The fraction of sp³-hybridized carbons (Fsp3) is 0.357. The first kappa shape index (κ1) is 15.1. The third kappa shape index (κ3) is 4.66. The monoisotopic (exact) mass is 288 g/mol. The number of hydrogen-bond acceptors (Lipinski definition) is 7. The van der Waals surface area contributed by atoms with Crippen LogP contribution in [0, 0.1) is 6.92 Å². The van der Waals surface area contributed by atoms with Gasteiger partial charge in [0.15, 0.2) is 5.82 Å². The Bertz CT molecular complexity index is 589. The van der Waals surface area contributed by atoms with E-state index in [0.717, 1.165) is 11.4 Å². The van der Waals surface area contributed by atoms with E-state index >= 15 is 0 Å². The molecule has 0 saturated heterocycles. The van der Waals surface area contributed by atoms with E-state index in [0.29, 0.717) is 37.2 Å². The zero-order chi connectivity index (χ0) is 15.1. The van der Waals surface area contributed by atoms with Crippen LogP contribution in [0.4, 0.5) is 11.6 Å². The molecule has 7 heteroatoms. The molecule has 2 aromatic rings. The van der Waals surface area contributed by atoms with Gasteiger partial charge in [0.05, 0.1) is 12.2 Å². The molecule has 0 saturated carbocycles. The molecule has 2 heterocycles. The van der Waals surface area contributed by atoms with Crippen molar-refractivity contribution in [3.05, 3.63) is 41.5 Å². The molecule has 0 unspecified atom stereocenters. The maximum atomic E-state index is 5.42. The van der Waals surface area contributed by atoms with Crippen LogP contribution in [-0.4, -0.2) is 21.6 Å². The van der Waals surface area contributed by atoms with E-state index in [9.17, 15) is 0 Å². The minimum atomic E-state index is 0.351. The highest BCUT2D eigenvalue weighted by Crippen LogP contribution is 2.12. The van der Waals surface area contributed by atoms with Gasteiger partial charge in [-0.2, -0.15) is 0 Å². The molecular formula is C14H20N6O. The van der Waals surface area contributed by atoms with Gasteiger partial charge in [0.2, 0.25) is 0 Å². The number of hydrogen-bond donors (Lipinski definition) is 3. The number of nitrogens with two attached hydrogens (primary N) is 1. The Morgan fingerprint density at radius 3 is 2.71 bits per heavy atom. The largest absolute Gasteiger partial charge is 0.374 e. The smallest absolute Gasteiger partial charge is 0.158 e. The second-order valence-corrected chi connectivity index (χ2v) is 4.46. The number of aryl methyl sites for hydroxylation is 1. The first-order valence-corrected chi connectivity index (χ1v) is 6.80. The maximum Gasteiger partial charge on any atom is 0.158 e. The molecule has 2 rings (SSSR count). The average molecular weight is 288 g/mol.